The van der Waals surface area contributed by atoms with Crippen molar-refractivity contribution in [1.82, 2.24) is 4.98 Å². The Hall–Kier alpha value is -3.45. The molecule has 1 aliphatic rings. The highest BCUT2D eigenvalue weighted by atomic mass is 32.1. The first-order valence-electron chi connectivity index (χ1n) is 9.08. The van der Waals surface area contributed by atoms with Gasteiger partial charge in [0.25, 0.3) is 5.91 Å². The normalized spacial score (nSPS) is 15.9. The molecule has 0 aliphatic carbocycles. The standard InChI is InChI=1S/C22H16N2O4S/c1-11-12(2)29-22(23-11)24-18(13-6-5-7-14(25)10-13)17-19(26)15-8-3-4-9-16(15)28-20(17)21(24)27/h3-10,18,25H,1-2H3/t18-/m1/s1. The van der Waals surface area contributed by atoms with E-state index in [0.717, 1.165) is 10.6 Å². The number of phenolic OH excluding ortho intramolecular Hbond substituents is 1. The predicted octanol–water partition coefficient (Wildman–Crippen LogP) is 4.32. The first-order valence-corrected chi connectivity index (χ1v) is 9.89. The van der Waals surface area contributed by atoms with Gasteiger partial charge in [-0.15, -0.1) is 11.3 Å². The second kappa shape index (κ2) is 6.28. The van der Waals surface area contributed by atoms with Crippen LogP contribution >= 0.6 is 11.3 Å². The minimum atomic E-state index is -0.726. The van der Waals surface area contributed by atoms with Crippen molar-refractivity contribution in [3.63, 3.8) is 0 Å². The van der Waals surface area contributed by atoms with Gasteiger partial charge in [-0.05, 0) is 43.7 Å². The second-order valence-corrected chi connectivity index (χ2v) is 8.16. The summed E-state index contributed by atoms with van der Waals surface area (Å²) in [7, 11) is 0. The van der Waals surface area contributed by atoms with Gasteiger partial charge in [-0.1, -0.05) is 24.3 Å². The Morgan fingerprint density at radius 2 is 1.90 bits per heavy atom. The highest BCUT2D eigenvalue weighted by Gasteiger charge is 2.45. The van der Waals surface area contributed by atoms with E-state index in [1.165, 1.54) is 16.2 Å². The van der Waals surface area contributed by atoms with Crippen molar-refractivity contribution < 1.29 is 14.3 Å². The fourth-order valence-corrected chi connectivity index (χ4v) is 4.62. The van der Waals surface area contributed by atoms with Crippen LogP contribution in [0.1, 0.15) is 38.3 Å². The largest absolute Gasteiger partial charge is 0.508 e. The third-order valence-corrected chi connectivity index (χ3v) is 6.26. The average molecular weight is 404 g/mol. The first kappa shape index (κ1) is 17.6. The quantitative estimate of drug-likeness (QED) is 0.538. The zero-order chi connectivity index (χ0) is 20.3. The molecular weight excluding hydrogens is 388 g/mol. The van der Waals surface area contributed by atoms with Crippen molar-refractivity contribution in [2.45, 2.75) is 19.9 Å². The Morgan fingerprint density at radius 1 is 1.10 bits per heavy atom. The first-order chi connectivity index (χ1) is 14.0. The third-order valence-electron chi connectivity index (χ3n) is 5.19. The van der Waals surface area contributed by atoms with Crippen molar-refractivity contribution in [1.29, 1.82) is 0 Å². The molecule has 0 unspecified atom stereocenters. The van der Waals surface area contributed by atoms with Gasteiger partial charge in [0.05, 0.1) is 22.7 Å². The molecule has 144 valence electrons. The molecule has 2 aromatic carbocycles. The summed E-state index contributed by atoms with van der Waals surface area (Å²) in [5.74, 6) is -0.336. The van der Waals surface area contributed by atoms with Crippen LogP contribution in [0.2, 0.25) is 0 Å². The molecule has 1 amide bonds. The number of nitrogens with zero attached hydrogens (tertiary/aromatic N) is 2. The molecule has 0 spiro atoms. The molecule has 0 radical (unpaired) electrons. The lowest BCUT2D eigenvalue weighted by Gasteiger charge is -2.22. The summed E-state index contributed by atoms with van der Waals surface area (Å²) >= 11 is 1.39. The summed E-state index contributed by atoms with van der Waals surface area (Å²) < 4.78 is 5.89. The maximum absolute atomic E-state index is 13.4. The minimum Gasteiger partial charge on any atom is -0.508 e. The number of fused-ring (bicyclic) bond motifs is 2. The number of aryl methyl sites for hydroxylation is 2. The number of thiazole rings is 1. The molecule has 29 heavy (non-hydrogen) atoms. The van der Waals surface area contributed by atoms with E-state index in [4.69, 9.17) is 4.42 Å². The fourth-order valence-electron chi connectivity index (χ4n) is 3.69. The van der Waals surface area contributed by atoms with E-state index in [2.05, 4.69) is 4.98 Å². The number of phenols is 1. The molecule has 1 N–H and O–H groups in total. The molecule has 2 aromatic heterocycles. The topological polar surface area (TPSA) is 83.6 Å². The van der Waals surface area contributed by atoms with Crippen molar-refractivity contribution in [3.05, 3.63) is 86.2 Å². The van der Waals surface area contributed by atoms with Gasteiger partial charge in [0.1, 0.15) is 11.3 Å². The number of aromatic nitrogens is 1. The number of benzene rings is 2. The Bertz CT molecular complexity index is 1340. The van der Waals surface area contributed by atoms with Crippen molar-refractivity contribution in [2.24, 2.45) is 0 Å². The smallest absolute Gasteiger partial charge is 0.297 e. The second-order valence-electron chi connectivity index (χ2n) is 6.98. The van der Waals surface area contributed by atoms with E-state index in [-0.39, 0.29) is 22.5 Å². The van der Waals surface area contributed by atoms with Crippen LogP contribution in [-0.2, 0) is 0 Å². The summed E-state index contributed by atoms with van der Waals surface area (Å²) in [6.07, 6.45) is 0. The molecule has 0 saturated heterocycles. The number of aromatic hydroxyl groups is 1. The van der Waals surface area contributed by atoms with Crippen LogP contribution in [0.3, 0.4) is 0 Å². The molecule has 7 heteroatoms. The van der Waals surface area contributed by atoms with Crippen LogP contribution in [0.5, 0.6) is 5.75 Å². The maximum atomic E-state index is 13.4. The number of carbonyl (C=O) groups excluding carboxylic acids is 1. The monoisotopic (exact) mass is 404 g/mol. The number of amides is 1. The molecule has 1 aliphatic heterocycles. The van der Waals surface area contributed by atoms with Crippen molar-refractivity contribution in [3.8, 4) is 5.75 Å². The van der Waals surface area contributed by atoms with Gasteiger partial charge in [-0.25, -0.2) is 4.98 Å². The van der Waals surface area contributed by atoms with E-state index >= 15 is 0 Å². The number of anilines is 1. The predicted molar refractivity (Wildman–Crippen MR) is 111 cm³/mol. The van der Waals surface area contributed by atoms with Gasteiger partial charge in [-0.3, -0.25) is 14.5 Å². The summed E-state index contributed by atoms with van der Waals surface area (Å²) in [4.78, 5) is 33.8. The molecule has 0 fully saturated rings. The zero-order valence-corrected chi connectivity index (χ0v) is 16.5. The fraction of sp³-hybridized carbons (Fsp3) is 0.136. The summed E-state index contributed by atoms with van der Waals surface area (Å²) in [5.41, 5.74) is 1.83. The molecule has 6 nitrogen and oxygen atoms in total. The Morgan fingerprint density at radius 3 is 2.62 bits per heavy atom. The highest BCUT2D eigenvalue weighted by molar-refractivity contribution is 7.15. The number of hydrogen-bond donors (Lipinski definition) is 1. The minimum absolute atomic E-state index is 0.0209. The van der Waals surface area contributed by atoms with Gasteiger partial charge in [0.2, 0.25) is 5.76 Å². The van der Waals surface area contributed by atoms with Gasteiger partial charge < -0.3 is 9.52 Å². The molecule has 3 heterocycles. The number of carbonyl (C=O) groups is 1. The van der Waals surface area contributed by atoms with Crippen molar-refractivity contribution in [2.75, 3.05) is 4.90 Å². The average Bonchev–Trinajstić information content (AvgIpc) is 3.19. The molecule has 0 saturated carbocycles. The molecule has 1 atom stereocenters. The summed E-state index contributed by atoms with van der Waals surface area (Å²) in [6.45, 7) is 3.81. The molecular formula is C22H16N2O4S. The van der Waals surface area contributed by atoms with Crippen molar-refractivity contribution >= 4 is 33.3 Å². The van der Waals surface area contributed by atoms with Crippen LogP contribution in [0, 0.1) is 13.8 Å². The summed E-state index contributed by atoms with van der Waals surface area (Å²) in [5, 5.41) is 10.9. The number of para-hydroxylation sites is 1. The molecule has 4 aromatic rings. The Balaban J connectivity index is 1.84. The van der Waals surface area contributed by atoms with Gasteiger partial charge >= 0.3 is 0 Å². The lowest BCUT2D eigenvalue weighted by Crippen LogP contribution is -2.29. The molecule has 0 bridgehead atoms. The molecule has 5 rings (SSSR count). The van der Waals surface area contributed by atoms with Gasteiger partial charge in [-0.2, -0.15) is 0 Å². The van der Waals surface area contributed by atoms with E-state index in [1.54, 1.807) is 48.5 Å². The maximum Gasteiger partial charge on any atom is 0.297 e. The lowest BCUT2D eigenvalue weighted by molar-refractivity contribution is 0.0971. The Kier molecular flexibility index (Phi) is 3.82. The lowest BCUT2D eigenvalue weighted by atomic mass is 9.98. The van der Waals surface area contributed by atoms with Crippen LogP contribution in [0.15, 0.2) is 57.7 Å². The number of rotatable bonds is 2. The third kappa shape index (κ3) is 2.58. The van der Waals surface area contributed by atoms with E-state index in [1.807, 2.05) is 13.8 Å². The van der Waals surface area contributed by atoms with Crippen LogP contribution < -0.4 is 10.3 Å². The van der Waals surface area contributed by atoms with E-state index < -0.39 is 11.9 Å². The number of hydrogen-bond acceptors (Lipinski definition) is 6. The summed E-state index contributed by atoms with van der Waals surface area (Å²) in [6, 6.07) is 12.7. The van der Waals surface area contributed by atoms with E-state index in [9.17, 15) is 14.7 Å². The van der Waals surface area contributed by atoms with Gasteiger partial charge in [0.15, 0.2) is 10.6 Å². The van der Waals surface area contributed by atoms with Gasteiger partial charge in [0, 0.05) is 4.88 Å². The highest BCUT2D eigenvalue weighted by Crippen LogP contribution is 2.43. The van der Waals surface area contributed by atoms with Crippen LogP contribution in [0.25, 0.3) is 11.0 Å². The zero-order valence-electron chi connectivity index (χ0n) is 15.7. The van der Waals surface area contributed by atoms with E-state index in [0.29, 0.717) is 21.7 Å². The SMILES string of the molecule is Cc1nc(N2C(=O)c3oc4ccccc4c(=O)c3[C@H]2c2cccc(O)c2)sc1C. The van der Waals surface area contributed by atoms with Crippen LogP contribution in [0.4, 0.5) is 5.13 Å². The van der Waals surface area contributed by atoms with Crippen LogP contribution in [-0.4, -0.2) is 16.0 Å². The Labute approximate surface area is 169 Å².